The largest absolute Gasteiger partial charge is 0.457 e. The maximum Gasteiger partial charge on any atom is 0.255 e. The van der Waals surface area contributed by atoms with Crippen molar-refractivity contribution in [1.29, 1.82) is 0 Å². The summed E-state index contributed by atoms with van der Waals surface area (Å²) in [5.74, 6) is 1.82. The van der Waals surface area contributed by atoms with Gasteiger partial charge < -0.3 is 14.8 Å². The molecule has 0 unspecified atom stereocenters. The van der Waals surface area contributed by atoms with E-state index in [1.54, 1.807) is 59.3 Å². The Labute approximate surface area is 218 Å². The number of hydrogen-bond acceptors (Lipinski definition) is 6. The number of nitrogens with one attached hydrogen (secondary N) is 1. The Balaban J connectivity index is 1.24. The summed E-state index contributed by atoms with van der Waals surface area (Å²) in [7, 11) is 0. The first kappa shape index (κ1) is 24.6. The van der Waals surface area contributed by atoms with Crippen LogP contribution in [0.5, 0.6) is 23.1 Å². The predicted octanol–water partition coefficient (Wildman–Crippen LogP) is 6.56. The lowest BCUT2D eigenvalue weighted by atomic mass is 10.2. The number of nitrogens with zero attached hydrogens (tertiary/aromatic N) is 4. The molecule has 0 spiro atoms. The van der Waals surface area contributed by atoms with E-state index >= 15 is 0 Å². The molecule has 190 valence electrons. The van der Waals surface area contributed by atoms with Gasteiger partial charge in [-0.05, 0) is 93.1 Å². The first-order valence-corrected chi connectivity index (χ1v) is 11.8. The fourth-order valence-electron chi connectivity index (χ4n) is 3.72. The molecule has 2 aromatic heterocycles. The van der Waals surface area contributed by atoms with Gasteiger partial charge in [-0.25, -0.2) is 19.0 Å². The minimum atomic E-state index is -0.349. The molecule has 9 heteroatoms. The van der Waals surface area contributed by atoms with Gasteiger partial charge in [0.25, 0.3) is 5.91 Å². The Bertz CT molecular complexity index is 1600. The van der Waals surface area contributed by atoms with Crippen LogP contribution in [0.1, 0.15) is 27.3 Å². The molecule has 0 radical (unpaired) electrons. The summed E-state index contributed by atoms with van der Waals surface area (Å²) in [5.41, 5.74) is 4.05. The SMILES string of the molecule is Cc1nn(-c2cc(Oc3ccc(NC(=O)c4cccc(Oc5ccc(F)cc5)c4)cc3)ncn2)c(C)c1C. The number of halogens is 1. The Kier molecular flexibility index (Phi) is 6.82. The molecule has 0 aliphatic carbocycles. The molecule has 0 saturated carbocycles. The molecule has 0 saturated heterocycles. The van der Waals surface area contributed by atoms with Crippen LogP contribution in [0.3, 0.4) is 0 Å². The summed E-state index contributed by atoms with van der Waals surface area (Å²) >= 11 is 0. The monoisotopic (exact) mass is 509 g/mol. The summed E-state index contributed by atoms with van der Waals surface area (Å²) in [6.45, 7) is 5.96. The molecule has 5 rings (SSSR count). The van der Waals surface area contributed by atoms with Crippen LogP contribution in [0.25, 0.3) is 5.82 Å². The first-order valence-electron chi connectivity index (χ1n) is 11.8. The number of benzene rings is 3. The van der Waals surface area contributed by atoms with Crippen LogP contribution in [-0.2, 0) is 0 Å². The number of hydrogen-bond donors (Lipinski definition) is 1. The molecule has 38 heavy (non-hydrogen) atoms. The van der Waals surface area contributed by atoms with Crippen molar-refractivity contribution in [3.8, 4) is 28.9 Å². The van der Waals surface area contributed by atoms with Crippen molar-refractivity contribution >= 4 is 11.6 Å². The Morgan fingerprint density at radius 1 is 0.842 bits per heavy atom. The van der Waals surface area contributed by atoms with Crippen LogP contribution >= 0.6 is 0 Å². The van der Waals surface area contributed by atoms with E-state index in [4.69, 9.17) is 9.47 Å². The number of aromatic nitrogens is 4. The third-order valence-electron chi connectivity index (χ3n) is 5.98. The van der Waals surface area contributed by atoms with Gasteiger partial charge in [-0.15, -0.1) is 0 Å². The van der Waals surface area contributed by atoms with Gasteiger partial charge in [0.2, 0.25) is 5.88 Å². The van der Waals surface area contributed by atoms with Gasteiger partial charge in [-0.2, -0.15) is 5.10 Å². The van der Waals surface area contributed by atoms with Gasteiger partial charge in [-0.1, -0.05) is 6.07 Å². The van der Waals surface area contributed by atoms with Gasteiger partial charge in [0, 0.05) is 23.0 Å². The minimum Gasteiger partial charge on any atom is -0.457 e. The van der Waals surface area contributed by atoms with Crippen LogP contribution in [-0.4, -0.2) is 25.7 Å². The topological polar surface area (TPSA) is 91.2 Å². The maximum absolute atomic E-state index is 13.1. The third-order valence-corrected chi connectivity index (χ3v) is 5.98. The van der Waals surface area contributed by atoms with Crippen LogP contribution in [0, 0.1) is 26.6 Å². The standard InChI is InChI=1S/C29H24FN5O3/c1-18-19(2)34-35(20(18)3)27-16-28(32-17-31-27)38-25-13-9-23(10-14-25)33-29(36)21-5-4-6-26(15-21)37-24-11-7-22(30)8-12-24/h4-17H,1-3H3,(H,33,36). The first-order chi connectivity index (χ1) is 18.4. The van der Waals surface area contributed by atoms with E-state index in [1.165, 1.54) is 30.6 Å². The zero-order valence-corrected chi connectivity index (χ0v) is 21.0. The molecule has 8 nitrogen and oxygen atoms in total. The highest BCUT2D eigenvalue weighted by molar-refractivity contribution is 6.04. The molecule has 0 atom stereocenters. The summed E-state index contributed by atoms with van der Waals surface area (Å²) in [6.07, 6.45) is 1.43. The Hall–Kier alpha value is -5.05. The number of rotatable bonds is 7. The van der Waals surface area contributed by atoms with Crippen LogP contribution in [0.2, 0.25) is 0 Å². The van der Waals surface area contributed by atoms with E-state index in [0.29, 0.717) is 40.2 Å². The third kappa shape index (κ3) is 5.52. The fraction of sp³-hybridized carbons (Fsp3) is 0.103. The molecule has 0 aliphatic rings. The van der Waals surface area contributed by atoms with Crippen molar-refractivity contribution in [2.45, 2.75) is 20.8 Å². The van der Waals surface area contributed by atoms with Gasteiger partial charge in [0.05, 0.1) is 5.69 Å². The molecule has 0 aliphatic heterocycles. The normalized spacial score (nSPS) is 10.7. The molecular weight excluding hydrogens is 485 g/mol. The zero-order valence-electron chi connectivity index (χ0n) is 21.0. The van der Waals surface area contributed by atoms with E-state index in [-0.39, 0.29) is 11.7 Å². The summed E-state index contributed by atoms with van der Waals surface area (Å²) < 4.78 is 26.5. The van der Waals surface area contributed by atoms with Gasteiger partial charge in [0.1, 0.15) is 29.4 Å². The van der Waals surface area contributed by atoms with Gasteiger partial charge >= 0.3 is 0 Å². The van der Waals surface area contributed by atoms with E-state index in [0.717, 1.165) is 17.0 Å². The number of carbonyl (C=O) groups excluding carboxylic acids is 1. The average Bonchev–Trinajstić information content (AvgIpc) is 3.18. The number of anilines is 1. The summed E-state index contributed by atoms with van der Waals surface area (Å²) in [5, 5.41) is 7.39. The van der Waals surface area contributed by atoms with Crippen LogP contribution < -0.4 is 14.8 Å². The average molecular weight is 510 g/mol. The molecule has 5 aromatic rings. The van der Waals surface area contributed by atoms with E-state index in [1.807, 2.05) is 20.8 Å². The predicted molar refractivity (Wildman–Crippen MR) is 141 cm³/mol. The number of amides is 1. The molecule has 1 amide bonds. The second kappa shape index (κ2) is 10.5. The number of aryl methyl sites for hydroxylation is 1. The van der Waals surface area contributed by atoms with Gasteiger partial charge in [0.15, 0.2) is 5.82 Å². The van der Waals surface area contributed by atoms with Crippen molar-refractivity contribution in [2.75, 3.05) is 5.32 Å². The summed E-state index contributed by atoms with van der Waals surface area (Å²) in [4.78, 5) is 21.3. The molecule has 3 aromatic carbocycles. The molecule has 1 N–H and O–H groups in total. The lowest BCUT2D eigenvalue weighted by Crippen LogP contribution is -2.11. The van der Waals surface area contributed by atoms with E-state index < -0.39 is 0 Å². The highest BCUT2D eigenvalue weighted by atomic mass is 19.1. The van der Waals surface area contributed by atoms with Crippen LogP contribution in [0.4, 0.5) is 10.1 Å². The summed E-state index contributed by atoms with van der Waals surface area (Å²) in [6, 6.07) is 21.1. The van der Waals surface area contributed by atoms with Crippen LogP contribution in [0.15, 0.2) is 85.2 Å². The molecular formula is C29H24FN5O3. The van der Waals surface area contributed by atoms with Crippen molar-refractivity contribution in [1.82, 2.24) is 19.7 Å². The lowest BCUT2D eigenvalue weighted by molar-refractivity contribution is 0.102. The molecule has 2 heterocycles. The Morgan fingerprint density at radius 2 is 1.55 bits per heavy atom. The van der Waals surface area contributed by atoms with Crippen molar-refractivity contribution in [3.63, 3.8) is 0 Å². The Morgan fingerprint density at radius 3 is 2.26 bits per heavy atom. The lowest BCUT2D eigenvalue weighted by Gasteiger charge is -2.10. The van der Waals surface area contributed by atoms with E-state index in [9.17, 15) is 9.18 Å². The van der Waals surface area contributed by atoms with E-state index in [2.05, 4.69) is 20.4 Å². The zero-order chi connectivity index (χ0) is 26.6. The number of carbonyl (C=O) groups is 1. The quantitative estimate of drug-likeness (QED) is 0.267. The van der Waals surface area contributed by atoms with Crippen molar-refractivity contribution < 1.29 is 18.7 Å². The number of ether oxygens (including phenoxy) is 2. The minimum absolute atomic E-state index is 0.302. The molecule has 0 bridgehead atoms. The highest BCUT2D eigenvalue weighted by Gasteiger charge is 2.12. The van der Waals surface area contributed by atoms with Gasteiger partial charge in [-0.3, -0.25) is 4.79 Å². The molecule has 0 fully saturated rings. The van der Waals surface area contributed by atoms with Crippen molar-refractivity contribution in [2.24, 2.45) is 0 Å². The second-order valence-corrected chi connectivity index (χ2v) is 8.59. The second-order valence-electron chi connectivity index (χ2n) is 8.59. The maximum atomic E-state index is 13.1. The smallest absolute Gasteiger partial charge is 0.255 e. The fourth-order valence-corrected chi connectivity index (χ4v) is 3.72. The highest BCUT2D eigenvalue weighted by Crippen LogP contribution is 2.25. The van der Waals surface area contributed by atoms with Crippen molar-refractivity contribution in [3.05, 3.63) is 114 Å².